The van der Waals surface area contributed by atoms with Crippen molar-refractivity contribution in [1.82, 2.24) is 10.3 Å². The molecule has 1 aromatic heterocycles. The maximum atomic E-state index is 12.2. The van der Waals surface area contributed by atoms with Crippen LogP contribution in [0.4, 0.5) is 5.69 Å². The number of aromatic nitrogens is 1. The third-order valence-corrected chi connectivity index (χ3v) is 4.20. The topological polar surface area (TPSA) is 88.2 Å². The van der Waals surface area contributed by atoms with Gasteiger partial charge in [-0.05, 0) is 30.3 Å². The molecule has 0 saturated carbocycles. The minimum atomic E-state index is -3.78. The van der Waals surface area contributed by atoms with Gasteiger partial charge < -0.3 is 5.32 Å². The van der Waals surface area contributed by atoms with Gasteiger partial charge in [0.05, 0.1) is 0 Å². The average Bonchev–Trinajstić information content (AvgIpc) is 2.46. The number of pyridine rings is 1. The summed E-state index contributed by atoms with van der Waals surface area (Å²) in [6.07, 6.45) is 1.16. The Kier molecular flexibility index (Phi) is 4.44. The van der Waals surface area contributed by atoms with Gasteiger partial charge in [0.15, 0.2) is 0 Å². The molecule has 110 valence electrons. The predicted octanol–water partition coefficient (Wildman–Crippen LogP) is 1.90. The van der Waals surface area contributed by atoms with Crippen LogP contribution in [-0.4, -0.2) is 26.4 Å². The van der Waals surface area contributed by atoms with Gasteiger partial charge in [-0.3, -0.25) is 9.52 Å². The van der Waals surface area contributed by atoms with Crippen LogP contribution in [0.5, 0.6) is 0 Å². The van der Waals surface area contributed by atoms with Crippen molar-refractivity contribution in [2.75, 3.05) is 11.8 Å². The molecule has 0 radical (unpaired) electrons. The molecule has 0 bridgehead atoms. The highest BCUT2D eigenvalue weighted by Gasteiger charge is 2.15. The van der Waals surface area contributed by atoms with Crippen molar-refractivity contribution in [2.24, 2.45) is 0 Å². The monoisotopic (exact) mass is 325 g/mol. The molecule has 6 nitrogen and oxygen atoms in total. The molecular weight excluding hydrogens is 314 g/mol. The molecule has 1 aromatic carbocycles. The van der Waals surface area contributed by atoms with Crippen molar-refractivity contribution in [3.05, 3.63) is 53.3 Å². The van der Waals surface area contributed by atoms with E-state index in [-0.39, 0.29) is 21.6 Å². The average molecular weight is 326 g/mol. The summed E-state index contributed by atoms with van der Waals surface area (Å²) in [5.74, 6) is -0.302. The van der Waals surface area contributed by atoms with Gasteiger partial charge in [0.25, 0.3) is 15.9 Å². The molecule has 2 rings (SSSR count). The Labute approximate surface area is 127 Å². The van der Waals surface area contributed by atoms with E-state index in [2.05, 4.69) is 15.0 Å². The fourth-order valence-electron chi connectivity index (χ4n) is 1.60. The van der Waals surface area contributed by atoms with E-state index >= 15 is 0 Å². The summed E-state index contributed by atoms with van der Waals surface area (Å²) in [6, 6.07) is 8.90. The minimum absolute atomic E-state index is 0.0164. The van der Waals surface area contributed by atoms with Crippen LogP contribution in [-0.2, 0) is 10.0 Å². The Morgan fingerprint density at radius 3 is 2.62 bits per heavy atom. The lowest BCUT2D eigenvalue weighted by Crippen LogP contribution is -2.18. The maximum Gasteiger partial charge on any atom is 0.263 e. The highest BCUT2D eigenvalue weighted by molar-refractivity contribution is 7.92. The molecule has 8 heteroatoms. The van der Waals surface area contributed by atoms with Crippen molar-refractivity contribution in [2.45, 2.75) is 4.90 Å². The van der Waals surface area contributed by atoms with Crippen molar-refractivity contribution < 1.29 is 13.2 Å². The Morgan fingerprint density at radius 2 is 2.00 bits per heavy atom. The van der Waals surface area contributed by atoms with E-state index in [1.807, 2.05) is 0 Å². The molecule has 2 aromatic rings. The van der Waals surface area contributed by atoms with Gasteiger partial charge in [-0.15, -0.1) is 0 Å². The zero-order valence-corrected chi connectivity index (χ0v) is 12.6. The fourth-order valence-corrected chi connectivity index (χ4v) is 2.71. The van der Waals surface area contributed by atoms with Gasteiger partial charge in [-0.1, -0.05) is 17.7 Å². The second kappa shape index (κ2) is 6.11. The second-order valence-electron chi connectivity index (χ2n) is 4.08. The van der Waals surface area contributed by atoms with Gasteiger partial charge in [-0.25, -0.2) is 13.4 Å². The highest BCUT2D eigenvalue weighted by atomic mass is 35.5. The van der Waals surface area contributed by atoms with Crippen LogP contribution in [0.3, 0.4) is 0 Å². The lowest BCUT2D eigenvalue weighted by molar-refractivity contribution is 0.0963. The van der Waals surface area contributed by atoms with Crippen LogP contribution in [0.15, 0.2) is 47.5 Å². The van der Waals surface area contributed by atoms with E-state index < -0.39 is 10.0 Å². The Bertz CT molecular complexity index is 760. The van der Waals surface area contributed by atoms with E-state index in [0.29, 0.717) is 5.56 Å². The summed E-state index contributed by atoms with van der Waals surface area (Å²) in [5, 5.41) is 2.67. The summed E-state index contributed by atoms with van der Waals surface area (Å²) in [5.41, 5.74) is 0.637. The zero-order valence-electron chi connectivity index (χ0n) is 11.0. The molecule has 0 spiro atoms. The third-order valence-electron chi connectivity index (χ3n) is 2.61. The summed E-state index contributed by atoms with van der Waals surface area (Å²) in [6.45, 7) is 0. The molecule has 0 fully saturated rings. The number of carbonyl (C=O) groups is 1. The van der Waals surface area contributed by atoms with E-state index in [4.69, 9.17) is 11.6 Å². The van der Waals surface area contributed by atoms with Crippen LogP contribution in [0, 0.1) is 0 Å². The van der Waals surface area contributed by atoms with Crippen LogP contribution in [0.25, 0.3) is 0 Å². The number of anilines is 1. The Hall–Kier alpha value is -2.12. The Balaban J connectivity index is 2.28. The molecule has 0 atom stereocenters. The number of rotatable bonds is 4. The molecule has 1 amide bonds. The number of benzene rings is 1. The SMILES string of the molecule is CNC(=O)c1cccc(NS(=O)(=O)c2ccc(Cl)nc2)c1. The molecule has 0 aliphatic rings. The number of sulfonamides is 1. The number of nitrogens with zero attached hydrogens (tertiary/aromatic N) is 1. The van der Waals surface area contributed by atoms with Gasteiger partial charge in [0.1, 0.15) is 10.0 Å². The first-order chi connectivity index (χ1) is 9.92. The van der Waals surface area contributed by atoms with Crippen molar-refractivity contribution >= 4 is 33.2 Å². The molecule has 0 saturated heterocycles. The van der Waals surface area contributed by atoms with E-state index in [9.17, 15) is 13.2 Å². The molecule has 1 heterocycles. The van der Waals surface area contributed by atoms with Gasteiger partial charge in [0.2, 0.25) is 0 Å². The largest absolute Gasteiger partial charge is 0.355 e. The van der Waals surface area contributed by atoms with Crippen molar-refractivity contribution in [3.63, 3.8) is 0 Å². The molecule has 0 unspecified atom stereocenters. The number of hydrogen-bond acceptors (Lipinski definition) is 4. The van der Waals surface area contributed by atoms with E-state index in [1.54, 1.807) is 18.2 Å². The molecule has 2 N–H and O–H groups in total. The number of carbonyl (C=O) groups excluding carboxylic acids is 1. The minimum Gasteiger partial charge on any atom is -0.355 e. The van der Waals surface area contributed by atoms with Crippen LogP contribution in [0.2, 0.25) is 5.15 Å². The van der Waals surface area contributed by atoms with E-state index in [0.717, 1.165) is 6.20 Å². The molecule has 0 aliphatic carbocycles. The summed E-state index contributed by atoms with van der Waals surface area (Å²) >= 11 is 5.62. The predicted molar refractivity (Wildman–Crippen MR) is 79.9 cm³/mol. The van der Waals surface area contributed by atoms with Crippen LogP contribution in [0.1, 0.15) is 10.4 Å². The highest BCUT2D eigenvalue weighted by Crippen LogP contribution is 2.17. The van der Waals surface area contributed by atoms with Crippen molar-refractivity contribution in [3.8, 4) is 0 Å². The van der Waals surface area contributed by atoms with Crippen LogP contribution < -0.4 is 10.0 Å². The quantitative estimate of drug-likeness (QED) is 0.840. The lowest BCUT2D eigenvalue weighted by Gasteiger charge is -2.09. The second-order valence-corrected chi connectivity index (χ2v) is 6.15. The summed E-state index contributed by atoms with van der Waals surface area (Å²) < 4.78 is 26.7. The zero-order chi connectivity index (χ0) is 15.5. The number of halogens is 1. The van der Waals surface area contributed by atoms with Gasteiger partial charge >= 0.3 is 0 Å². The molecular formula is C13H12ClN3O3S. The first-order valence-electron chi connectivity index (χ1n) is 5.89. The van der Waals surface area contributed by atoms with Crippen LogP contribution >= 0.6 is 11.6 Å². The molecule has 21 heavy (non-hydrogen) atoms. The number of amides is 1. The summed E-state index contributed by atoms with van der Waals surface area (Å²) in [4.78, 5) is 15.2. The fraction of sp³-hybridized carbons (Fsp3) is 0.0769. The van der Waals surface area contributed by atoms with Gasteiger partial charge in [-0.2, -0.15) is 0 Å². The lowest BCUT2D eigenvalue weighted by atomic mass is 10.2. The normalized spacial score (nSPS) is 11.0. The smallest absolute Gasteiger partial charge is 0.263 e. The third kappa shape index (κ3) is 3.71. The standard InChI is InChI=1S/C13H12ClN3O3S/c1-15-13(18)9-3-2-4-10(7-9)17-21(19,20)11-5-6-12(14)16-8-11/h2-8,17H,1H3,(H,15,18). The van der Waals surface area contributed by atoms with Crippen molar-refractivity contribution in [1.29, 1.82) is 0 Å². The Morgan fingerprint density at radius 1 is 1.24 bits per heavy atom. The number of hydrogen-bond donors (Lipinski definition) is 2. The number of nitrogens with one attached hydrogen (secondary N) is 2. The first-order valence-corrected chi connectivity index (χ1v) is 7.75. The summed E-state index contributed by atoms with van der Waals surface area (Å²) in [7, 11) is -2.28. The van der Waals surface area contributed by atoms with Gasteiger partial charge in [0, 0.05) is 24.5 Å². The molecule has 0 aliphatic heterocycles. The maximum absolute atomic E-state index is 12.2. The van der Waals surface area contributed by atoms with E-state index in [1.165, 1.54) is 25.2 Å². The first kappa shape index (κ1) is 15.3.